The molecule has 3 heteroatoms. The van der Waals surface area contributed by atoms with Gasteiger partial charge in [-0.15, -0.1) is 0 Å². The Kier molecular flexibility index (Phi) is 3.56. The maximum atomic E-state index is 6.22. The van der Waals surface area contributed by atoms with Crippen molar-refractivity contribution in [1.29, 1.82) is 0 Å². The Hall–Kier alpha value is -1.25. The summed E-state index contributed by atoms with van der Waals surface area (Å²) in [5, 5.41) is 0. The second-order valence-corrected chi connectivity index (χ2v) is 4.51. The largest absolute Gasteiger partial charge is 0.442 e. The molecule has 0 aliphatic rings. The van der Waals surface area contributed by atoms with E-state index in [1.165, 1.54) is 11.1 Å². The summed E-state index contributed by atoms with van der Waals surface area (Å²) in [6.45, 7) is 6.22. The second-order valence-electron chi connectivity index (χ2n) is 4.51. The molecule has 0 spiro atoms. The van der Waals surface area contributed by atoms with Crippen LogP contribution in [0.3, 0.4) is 0 Å². The molecule has 0 N–H and O–H groups in total. The number of oxazole rings is 1. The predicted molar refractivity (Wildman–Crippen MR) is 72.1 cm³/mol. The molecule has 88 valence electrons. The van der Waals surface area contributed by atoms with Crippen LogP contribution >= 0.6 is 0 Å². The van der Waals surface area contributed by atoms with Crippen LogP contribution in [-0.4, -0.2) is 12.8 Å². The van der Waals surface area contributed by atoms with E-state index in [1.807, 2.05) is 6.92 Å². The van der Waals surface area contributed by atoms with E-state index < -0.39 is 0 Å². The number of hydrogen-bond donors (Lipinski definition) is 0. The topological polar surface area (TPSA) is 26.0 Å². The zero-order valence-electron chi connectivity index (χ0n) is 10.8. The molecule has 1 heterocycles. The summed E-state index contributed by atoms with van der Waals surface area (Å²) < 4.78 is 5.58. The Morgan fingerprint density at radius 1 is 1.24 bits per heavy atom. The van der Waals surface area contributed by atoms with Crippen molar-refractivity contribution < 1.29 is 4.42 Å². The number of aromatic nitrogens is 1. The fourth-order valence-corrected chi connectivity index (χ4v) is 2.33. The fraction of sp³-hybridized carbons (Fsp3) is 0.500. The Balaban J connectivity index is 2.64. The molecule has 2 nitrogen and oxygen atoms in total. The first-order valence-corrected chi connectivity index (χ1v) is 6.34. The average Bonchev–Trinajstić information content (AvgIpc) is 2.65. The third-order valence-corrected chi connectivity index (χ3v) is 3.05. The van der Waals surface area contributed by atoms with Crippen LogP contribution in [0.15, 0.2) is 10.5 Å². The summed E-state index contributed by atoms with van der Waals surface area (Å²) in [5.74, 6) is 0.683. The molecule has 2 rings (SSSR count). The van der Waals surface area contributed by atoms with E-state index in [1.54, 1.807) is 0 Å². The van der Waals surface area contributed by atoms with E-state index in [2.05, 4.69) is 24.9 Å². The minimum absolute atomic E-state index is 0.683. The van der Waals surface area contributed by atoms with Crippen LogP contribution in [0.4, 0.5) is 0 Å². The molecule has 17 heavy (non-hydrogen) atoms. The minimum Gasteiger partial charge on any atom is -0.442 e. The van der Waals surface area contributed by atoms with Gasteiger partial charge in [-0.1, -0.05) is 26.7 Å². The highest BCUT2D eigenvalue weighted by molar-refractivity contribution is 6.39. The molecule has 0 fully saturated rings. The van der Waals surface area contributed by atoms with Gasteiger partial charge in [0.2, 0.25) is 0 Å². The quantitative estimate of drug-likeness (QED) is 0.750. The molecule has 0 aliphatic heterocycles. The third-order valence-electron chi connectivity index (χ3n) is 3.05. The molecule has 1 aromatic carbocycles. The van der Waals surface area contributed by atoms with Gasteiger partial charge in [0.25, 0.3) is 0 Å². The van der Waals surface area contributed by atoms with E-state index in [-0.39, 0.29) is 0 Å². The summed E-state index contributed by atoms with van der Waals surface area (Å²) in [6.07, 6.45) is 4.29. The van der Waals surface area contributed by atoms with Crippen molar-refractivity contribution in [2.24, 2.45) is 0 Å². The summed E-state index contributed by atoms with van der Waals surface area (Å²) in [4.78, 5) is 4.37. The van der Waals surface area contributed by atoms with Crippen LogP contribution in [0.2, 0.25) is 0 Å². The van der Waals surface area contributed by atoms with Gasteiger partial charge in [-0.2, -0.15) is 0 Å². The second kappa shape index (κ2) is 4.95. The van der Waals surface area contributed by atoms with Crippen LogP contribution in [0.5, 0.6) is 0 Å². The first kappa shape index (κ1) is 12.2. The van der Waals surface area contributed by atoms with Crippen LogP contribution in [0.25, 0.3) is 11.1 Å². The van der Waals surface area contributed by atoms with E-state index in [0.717, 1.165) is 42.2 Å². The van der Waals surface area contributed by atoms with Crippen LogP contribution in [0.1, 0.15) is 43.7 Å². The van der Waals surface area contributed by atoms with E-state index in [4.69, 9.17) is 12.3 Å². The van der Waals surface area contributed by atoms with Gasteiger partial charge in [-0.3, -0.25) is 0 Å². The number of hydrogen-bond acceptors (Lipinski definition) is 2. The predicted octanol–water partition coefficient (Wildman–Crippen LogP) is 2.84. The number of rotatable bonds is 4. The van der Waals surface area contributed by atoms with Crippen molar-refractivity contribution in [2.75, 3.05) is 0 Å². The molecule has 0 unspecified atom stereocenters. The average molecular weight is 227 g/mol. The van der Waals surface area contributed by atoms with Gasteiger partial charge < -0.3 is 4.42 Å². The molecule has 0 amide bonds. The monoisotopic (exact) mass is 227 g/mol. The SMILES string of the molecule is [B]c1c(CCC)c(CCC)cc2nc(C)oc12. The highest BCUT2D eigenvalue weighted by atomic mass is 16.3. The van der Waals surface area contributed by atoms with Gasteiger partial charge >= 0.3 is 0 Å². The Morgan fingerprint density at radius 3 is 2.59 bits per heavy atom. The lowest BCUT2D eigenvalue weighted by Crippen LogP contribution is -2.14. The smallest absolute Gasteiger partial charge is 0.192 e. The zero-order valence-corrected chi connectivity index (χ0v) is 10.8. The van der Waals surface area contributed by atoms with Crippen molar-refractivity contribution in [3.05, 3.63) is 23.1 Å². The summed E-state index contributed by atoms with van der Waals surface area (Å²) in [5.41, 5.74) is 5.01. The van der Waals surface area contributed by atoms with E-state index in [9.17, 15) is 0 Å². The maximum absolute atomic E-state index is 6.22. The van der Waals surface area contributed by atoms with Gasteiger partial charge in [-0.05, 0) is 35.5 Å². The van der Waals surface area contributed by atoms with Crippen molar-refractivity contribution in [2.45, 2.75) is 46.5 Å². The zero-order chi connectivity index (χ0) is 12.4. The van der Waals surface area contributed by atoms with Gasteiger partial charge in [0.05, 0.1) is 0 Å². The normalized spacial score (nSPS) is 11.2. The summed E-state index contributed by atoms with van der Waals surface area (Å²) in [6, 6.07) is 2.14. The maximum Gasteiger partial charge on any atom is 0.192 e. The van der Waals surface area contributed by atoms with E-state index >= 15 is 0 Å². The molecule has 0 saturated carbocycles. The van der Waals surface area contributed by atoms with Crippen molar-refractivity contribution in [1.82, 2.24) is 4.98 Å². The van der Waals surface area contributed by atoms with Crippen molar-refractivity contribution in [3.8, 4) is 0 Å². The standard InChI is InChI=1S/C14H18BNO/c1-4-6-10-8-12-14(17-9(3)16-12)13(15)11(10)7-5-2/h8H,4-7H2,1-3H3. The first-order chi connectivity index (χ1) is 8.17. The highest BCUT2D eigenvalue weighted by Gasteiger charge is 2.13. The Morgan fingerprint density at radius 2 is 1.94 bits per heavy atom. The first-order valence-electron chi connectivity index (χ1n) is 6.34. The van der Waals surface area contributed by atoms with Crippen molar-refractivity contribution in [3.63, 3.8) is 0 Å². The molecule has 1 aromatic heterocycles. The number of aryl methyl sites for hydroxylation is 2. The van der Waals surface area contributed by atoms with Gasteiger partial charge in [0.1, 0.15) is 18.9 Å². The molecule has 2 radical (unpaired) electrons. The minimum atomic E-state index is 0.683. The number of fused-ring (bicyclic) bond motifs is 1. The molecule has 0 aliphatic carbocycles. The lowest BCUT2D eigenvalue weighted by atomic mass is 9.83. The summed E-state index contributed by atoms with van der Waals surface area (Å²) in [7, 11) is 6.22. The molecule has 2 aromatic rings. The lowest BCUT2D eigenvalue weighted by molar-refractivity contribution is 0.562. The van der Waals surface area contributed by atoms with Gasteiger partial charge in [0.15, 0.2) is 5.89 Å². The molecule has 0 saturated heterocycles. The molecular formula is C14H18BNO. The van der Waals surface area contributed by atoms with Crippen molar-refractivity contribution >= 4 is 24.4 Å². The van der Waals surface area contributed by atoms with Gasteiger partial charge in [0, 0.05) is 6.92 Å². The fourth-order valence-electron chi connectivity index (χ4n) is 2.33. The van der Waals surface area contributed by atoms with Crippen LogP contribution < -0.4 is 5.46 Å². The molecule has 0 atom stereocenters. The third kappa shape index (κ3) is 2.24. The molecule has 0 bridgehead atoms. The van der Waals surface area contributed by atoms with Crippen LogP contribution in [-0.2, 0) is 12.8 Å². The molecular weight excluding hydrogens is 209 g/mol. The Bertz CT molecular complexity index is 530. The van der Waals surface area contributed by atoms with Gasteiger partial charge in [-0.25, -0.2) is 4.98 Å². The van der Waals surface area contributed by atoms with E-state index in [0.29, 0.717) is 5.89 Å². The summed E-state index contributed by atoms with van der Waals surface area (Å²) >= 11 is 0. The number of benzene rings is 1. The highest BCUT2D eigenvalue weighted by Crippen LogP contribution is 2.20. The van der Waals surface area contributed by atoms with Crippen LogP contribution in [0, 0.1) is 6.92 Å². The Labute approximate surface area is 104 Å². The number of nitrogens with zero attached hydrogens (tertiary/aromatic N) is 1. The lowest BCUT2D eigenvalue weighted by Gasteiger charge is -2.12.